The quantitative estimate of drug-likeness (QED) is 0.220. The van der Waals surface area contributed by atoms with E-state index >= 15 is 0 Å². The monoisotopic (exact) mass is 479 g/mol. The number of halogens is 1. The zero-order chi connectivity index (χ0) is 22.5. The Morgan fingerprint density at radius 2 is 1.88 bits per heavy atom. The summed E-state index contributed by atoms with van der Waals surface area (Å²) in [7, 11) is 0. The Hall–Kier alpha value is -2.67. The van der Waals surface area contributed by atoms with Crippen LogP contribution in [-0.4, -0.2) is 22.9 Å². The number of amides is 1. The number of aromatic nitrogens is 1. The van der Waals surface area contributed by atoms with E-state index in [1.54, 1.807) is 11.3 Å². The van der Waals surface area contributed by atoms with Crippen LogP contribution in [0.15, 0.2) is 76.1 Å². The molecule has 0 unspecified atom stereocenters. The Balaban J connectivity index is 1.36. The van der Waals surface area contributed by atoms with E-state index in [2.05, 4.69) is 29.1 Å². The second kappa shape index (κ2) is 10.3. The number of hydrogen-bond donors (Lipinski definition) is 1. The summed E-state index contributed by atoms with van der Waals surface area (Å²) in [4.78, 5) is 21.5. The number of thioether (sulfide) groups is 1. The van der Waals surface area contributed by atoms with Crippen LogP contribution in [0.25, 0.3) is 10.2 Å². The molecule has 0 spiro atoms. The molecule has 3 aromatic carbocycles. The molecule has 1 N–H and O–H groups in total. The maximum absolute atomic E-state index is 12.3. The van der Waals surface area contributed by atoms with Crippen LogP contribution in [0, 0.1) is 0 Å². The molecular weight excluding hydrogens is 458 g/mol. The van der Waals surface area contributed by atoms with Gasteiger partial charge in [0.25, 0.3) is 0 Å². The van der Waals surface area contributed by atoms with Crippen LogP contribution in [0.1, 0.15) is 30.9 Å². The Bertz CT molecular complexity index is 1250. The third-order valence-electron chi connectivity index (χ3n) is 4.77. The van der Waals surface area contributed by atoms with Gasteiger partial charge < -0.3 is 5.32 Å². The Kier molecular flexibility index (Phi) is 7.25. The first-order valence-electron chi connectivity index (χ1n) is 10.2. The van der Waals surface area contributed by atoms with Gasteiger partial charge in [-0.1, -0.05) is 61.5 Å². The Labute approximate surface area is 200 Å². The Morgan fingerprint density at radius 3 is 2.59 bits per heavy atom. The highest BCUT2D eigenvalue weighted by Gasteiger charge is 2.09. The Morgan fingerprint density at radius 1 is 1.12 bits per heavy atom. The number of aliphatic imine (C=N–C) groups is 1. The number of nitrogens with one attached hydrogen (secondary N) is 1. The SMILES string of the molecule is CC(C)c1ccc(NC(=O)CSc2nc3ccc(N=Cc4ccc(Cl)cc4)cc3s2)cc1. The average Bonchev–Trinajstić information content (AvgIpc) is 3.20. The second-order valence-electron chi connectivity index (χ2n) is 7.56. The first kappa shape index (κ1) is 22.5. The summed E-state index contributed by atoms with van der Waals surface area (Å²) in [6.45, 7) is 4.30. The predicted molar refractivity (Wildman–Crippen MR) is 138 cm³/mol. The average molecular weight is 480 g/mol. The number of carbonyl (C=O) groups is 1. The first-order chi connectivity index (χ1) is 15.5. The smallest absolute Gasteiger partial charge is 0.234 e. The molecule has 4 rings (SSSR count). The maximum Gasteiger partial charge on any atom is 0.234 e. The molecule has 4 nitrogen and oxygen atoms in total. The molecule has 1 heterocycles. The van der Waals surface area contributed by atoms with E-state index in [-0.39, 0.29) is 5.91 Å². The topological polar surface area (TPSA) is 54.4 Å². The van der Waals surface area contributed by atoms with Gasteiger partial charge in [-0.15, -0.1) is 11.3 Å². The minimum Gasteiger partial charge on any atom is -0.325 e. The van der Waals surface area contributed by atoms with Gasteiger partial charge in [0, 0.05) is 16.9 Å². The summed E-state index contributed by atoms with van der Waals surface area (Å²) in [6.07, 6.45) is 1.81. The number of hydrogen-bond acceptors (Lipinski definition) is 5. The molecule has 7 heteroatoms. The van der Waals surface area contributed by atoms with Crippen LogP contribution in [0.3, 0.4) is 0 Å². The number of anilines is 1. The summed E-state index contributed by atoms with van der Waals surface area (Å²) in [6, 6.07) is 21.4. The van der Waals surface area contributed by atoms with E-state index in [1.165, 1.54) is 17.3 Å². The van der Waals surface area contributed by atoms with Crippen LogP contribution < -0.4 is 5.32 Å². The number of thiazole rings is 1. The van der Waals surface area contributed by atoms with Crippen molar-refractivity contribution in [3.05, 3.63) is 82.9 Å². The van der Waals surface area contributed by atoms with Gasteiger partial charge in [0.1, 0.15) is 0 Å². The van der Waals surface area contributed by atoms with E-state index in [0.29, 0.717) is 16.7 Å². The normalized spacial score (nSPS) is 11.5. The molecule has 0 aliphatic rings. The van der Waals surface area contributed by atoms with Gasteiger partial charge in [-0.2, -0.15) is 0 Å². The van der Waals surface area contributed by atoms with E-state index in [9.17, 15) is 4.79 Å². The highest BCUT2D eigenvalue weighted by atomic mass is 35.5. The zero-order valence-corrected chi connectivity index (χ0v) is 20.1. The molecule has 4 aromatic rings. The lowest BCUT2D eigenvalue weighted by molar-refractivity contribution is -0.113. The molecule has 162 valence electrons. The molecule has 0 radical (unpaired) electrons. The summed E-state index contributed by atoms with van der Waals surface area (Å²) in [5, 5.41) is 3.65. The largest absolute Gasteiger partial charge is 0.325 e. The summed E-state index contributed by atoms with van der Waals surface area (Å²) < 4.78 is 1.91. The number of nitrogens with zero attached hydrogens (tertiary/aromatic N) is 2. The van der Waals surface area contributed by atoms with Crippen LogP contribution >= 0.6 is 34.7 Å². The summed E-state index contributed by atoms with van der Waals surface area (Å²) in [5.41, 5.74) is 4.82. The van der Waals surface area contributed by atoms with Crippen molar-refractivity contribution >= 4 is 68.4 Å². The van der Waals surface area contributed by atoms with E-state index in [0.717, 1.165) is 31.5 Å². The van der Waals surface area contributed by atoms with Crippen LogP contribution in [0.4, 0.5) is 11.4 Å². The lowest BCUT2D eigenvalue weighted by Crippen LogP contribution is -2.13. The van der Waals surface area contributed by atoms with Gasteiger partial charge in [0.05, 0.1) is 21.7 Å². The van der Waals surface area contributed by atoms with Crippen molar-refractivity contribution in [1.29, 1.82) is 0 Å². The fraction of sp³-hybridized carbons (Fsp3) is 0.160. The zero-order valence-electron chi connectivity index (χ0n) is 17.7. The highest BCUT2D eigenvalue weighted by molar-refractivity contribution is 8.01. The molecule has 1 aromatic heterocycles. The van der Waals surface area contributed by atoms with Crippen molar-refractivity contribution < 1.29 is 4.79 Å². The molecule has 0 fully saturated rings. The van der Waals surface area contributed by atoms with E-state index < -0.39 is 0 Å². The van der Waals surface area contributed by atoms with Gasteiger partial charge in [0.15, 0.2) is 4.34 Å². The molecule has 0 atom stereocenters. The van der Waals surface area contributed by atoms with Crippen molar-refractivity contribution in [2.24, 2.45) is 4.99 Å². The molecule has 1 amide bonds. The highest BCUT2D eigenvalue weighted by Crippen LogP contribution is 2.32. The maximum atomic E-state index is 12.3. The van der Waals surface area contributed by atoms with E-state index in [4.69, 9.17) is 11.6 Å². The minimum atomic E-state index is -0.0418. The molecule has 0 saturated heterocycles. The number of benzene rings is 3. The predicted octanol–water partition coefficient (Wildman–Crippen LogP) is 7.55. The van der Waals surface area contributed by atoms with Crippen LogP contribution in [0.5, 0.6) is 0 Å². The first-order valence-corrected chi connectivity index (χ1v) is 12.4. The van der Waals surface area contributed by atoms with Gasteiger partial charge in [-0.05, 0) is 59.5 Å². The van der Waals surface area contributed by atoms with Crippen molar-refractivity contribution in [2.45, 2.75) is 24.1 Å². The van der Waals surface area contributed by atoms with Crippen LogP contribution in [-0.2, 0) is 4.79 Å². The molecule has 0 aliphatic heterocycles. The van der Waals surface area contributed by atoms with Gasteiger partial charge in [-0.3, -0.25) is 9.79 Å². The van der Waals surface area contributed by atoms with Crippen molar-refractivity contribution in [3.8, 4) is 0 Å². The van der Waals surface area contributed by atoms with Gasteiger partial charge >= 0.3 is 0 Å². The molecular formula is C25H22ClN3OS2. The summed E-state index contributed by atoms with van der Waals surface area (Å²) >= 11 is 8.93. The third kappa shape index (κ3) is 5.97. The standard InChI is InChI=1S/C25H22ClN3OS2/c1-16(2)18-5-9-20(10-6-18)28-24(30)15-31-25-29-22-12-11-21(13-23(22)32-25)27-14-17-3-7-19(26)8-4-17/h3-14,16H,15H2,1-2H3,(H,28,30). The second-order valence-corrected chi connectivity index (χ2v) is 10.2. The van der Waals surface area contributed by atoms with Gasteiger partial charge in [-0.25, -0.2) is 4.98 Å². The molecule has 0 aliphatic carbocycles. The fourth-order valence-corrected chi connectivity index (χ4v) is 5.04. The fourth-order valence-electron chi connectivity index (χ4n) is 3.01. The van der Waals surface area contributed by atoms with Crippen molar-refractivity contribution in [3.63, 3.8) is 0 Å². The molecule has 32 heavy (non-hydrogen) atoms. The third-order valence-corrected chi connectivity index (χ3v) is 7.19. The lowest BCUT2D eigenvalue weighted by atomic mass is 10.0. The lowest BCUT2D eigenvalue weighted by Gasteiger charge is -2.08. The van der Waals surface area contributed by atoms with E-state index in [1.807, 2.05) is 72.9 Å². The number of carbonyl (C=O) groups excluding carboxylic acids is 1. The summed E-state index contributed by atoms with van der Waals surface area (Å²) in [5.74, 6) is 0.741. The number of rotatable bonds is 7. The number of fused-ring (bicyclic) bond motifs is 1. The van der Waals surface area contributed by atoms with Crippen molar-refractivity contribution in [1.82, 2.24) is 4.98 Å². The van der Waals surface area contributed by atoms with Crippen LogP contribution in [0.2, 0.25) is 5.02 Å². The molecule has 0 saturated carbocycles. The van der Waals surface area contributed by atoms with Gasteiger partial charge in [0.2, 0.25) is 5.91 Å². The minimum absolute atomic E-state index is 0.0418. The van der Waals surface area contributed by atoms with Crippen molar-refractivity contribution in [2.75, 3.05) is 11.1 Å². The molecule has 0 bridgehead atoms.